The lowest BCUT2D eigenvalue weighted by Gasteiger charge is -2.17. The van der Waals surface area contributed by atoms with Gasteiger partial charge in [0.15, 0.2) is 0 Å². The average Bonchev–Trinajstić information content (AvgIpc) is 3.45. The molecule has 222 valence electrons. The zero-order chi connectivity index (χ0) is 28.3. The van der Waals surface area contributed by atoms with Crippen molar-refractivity contribution < 1.29 is 5.11 Å². The Balaban J connectivity index is 1.57. The van der Waals surface area contributed by atoms with Crippen molar-refractivity contribution in [3.05, 3.63) is 41.5 Å². The third kappa shape index (κ3) is 11.3. The fourth-order valence-electron chi connectivity index (χ4n) is 6.15. The first kappa shape index (κ1) is 32.2. The molecule has 0 amide bonds. The van der Waals surface area contributed by atoms with E-state index in [1.807, 2.05) is 18.2 Å². The van der Waals surface area contributed by atoms with Crippen LogP contribution in [0.25, 0.3) is 22.2 Å². The largest absolute Gasteiger partial charge is 0.508 e. The summed E-state index contributed by atoms with van der Waals surface area (Å²) in [6.07, 6.45) is 29.0. The van der Waals surface area contributed by atoms with Gasteiger partial charge in [-0.3, -0.25) is 0 Å². The maximum Gasteiger partial charge on any atom is 0.120 e. The lowest BCUT2D eigenvalue weighted by molar-refractivity contribution is 0.474. The molecule has 0 unspecified atom stereocenters. The van der Waals surface area contributed by atoms with Crippen molar-refractivity contribution in [1.82, 2.24) is 15.4 Å². The molecule has 3 aromatic rings. The maximum atomic E-state index is 10.8. The smallest absolute Gasteiger partial charge is 0.120 e. The molecule has 0 spiro atoms. The third-order valence-corrected chi connectivity index (χ3v) is 8.54. The Bertz CT molecular complexity index is 1070. The van der Waals surface area contributed by atoms with E-state index in [0.717, 1.165) is 35.0 Å². The van der Waals surface area contributed by atoms with Gasteiger partial charge in [0, 0.05) is 5.56 Å². The van der Waals surface area contributed by atoms with Gasteiger partial charge >= 0.3 is 0 Å². The van der Waals surface area contributed by atoms with Crippen LogP contribution in [0.5, 0.6) is 5.75 Å². The summed E-state index contributed by atoms with van der Waals surface area (Å²) in [6.45, 7) is 4.57. The van der Waals surface area contributed by atoms with Crippen LogP contribution in [0.3, 0.4) is 0 Å². The molecule has 0 aliphatic heterocycles. The fourth-order valence-corrected chi connectivity index (χ4v) is 6.15. The summed E-state index contributed by atoms with van der Waals surface area (Å²) >= 11 is 0. The molecule has 0 radical (unpaired) electrons. The average molecular weight is 548 g/mol. The van der Waals surface area contributed by atoms with Gasteiger partial charge in [0.2, 0.25) is 0 Å². The highest BCUT2D eigenvalue weighted by molar-refractivity contribution is 5.92. The summed E-state index contributed by atoms with van der Waals surface area (Å²) in [5, 5.41) is 22.3. The summed E-state index contributed by atoms with van der Waals surface area (Å²) < 4.78 is 0. The lowest BCUT2D eigenvalue weighted by Crippen LogP contribution is -2.00. The fraction of sp³-hybridized carbons (Fsp3) is 0.667. The summed E-state index contributed by atoms with van der Waals surface area (Å²) in [5.41, 5.74) is 6.71. The van der Waals surface area contributed by atoms with Crippen molar-refractivity contribution in [3.8, 4) is 16.9 Å². The number of hydrogen-bond donors (Lipinski definition) is 2. The number of para-hydroxylation sites is 1. The number of H-pyrrole nitrogens is 1. The molecule has 0 aliphatic rings. The highest BCUT2D eigenvalue weighted by atomic mass is 16.3. The van der Waals surface area contributed by atoms with E-state index in [2.05, 4.69) is 41.4 Å². The highest BCUT2D eigenvalue weighted by Crippen LogP contribution is 2.36. The van der Waals surface area contributed by atoms with E-state index in [0.29, 0.717) is 5.75 Å². The van der Waals surface area contributed by atoms with Gasteiger partial charge in [-0.15, -0.1) is 0 Å². The Morgan fingerprint density at radius 2 is 1.10 bits per heavy atom. The third-order valence-electron chi connectivity index (χ3n) is 8.54. The minimum Gasteiger partial charge on any atom is -0.508 e. The number of aromatic hydroxyl groups is 1. The Morgan fingerprint density at radius 1 is 0.575 bits per heavy atom. The summed E-state index contributed by atoms with van der Waals surface area (Å²) in [4.78, 5) is 0. The van der Waals surface area contributed by atoms with E-state index in [1.54, 1.807) is 0 Å². The number of unbranched alkanes of at least 4 members (excludes halogenated alkanes) is 18. The summed E-state index contributed by atoms with van der Waals surface area (Å²) in [5.74, 6) is 0.365. The predicted octanol–water partition coefficient (Wildman–Crippen LogP) is 11.3. The second kappa shape index (κ2) is 19.7. The Labute approximate surface area is 244 Å². The van der Waals surface area contributed by atoms with E-state index in [4.69, 9.17) is 0 Å². The Kier molecular flexibility index (Phi) is 15.8. The van der Waals surface area contributed by atoms with Crippen molar-refractivity contribution in [1.29, 1.82) is 0 Å². The minimum absolute atomic E-state index is 0.365. The van der Waals surface area contributed by atoms with Gasteiger partial charge in [-0.05, 0) is 60.6 Å². The SMILES string of the molecule is CCCCCCCCCCCCc1cc(O)cc(-c2cccc3n[nH]nc23)c1CCCCCCCCCCCC. The number of nitrogens with one attached hydrogen (secondary N) is 1. The second-order valence-corrected chi connectivity index (χ2v) is 12.0. The first-order valence-corrected chi connectivity index (χ1v) is 16.9. The number of benzene rings is 2. The van der Waals surface area contributed by atoms with Gasteiger partial charge in [0.25, 0.3) is 0 Å². The highest BCUT2D eigenvalue weighted by Gasteiger charge is 2.16. The van der Waals surface area contributed by atoms with Gasteiger partial charge in [0.05, 0.1) is 0 Å². The van der Waals surface area contributed by atoms with E-state index >= 15 is 0 Å². The maximum absolute atomic E-state index is 10.8. The van der Waals surface area contributed by atoms with Gasteiger partial charge < -0.3 is 5.11 Å². The van der Waals surface area contributed by atoms with E-state index in [-0.39, 0.29) is 0 Å². The Hall–Kier alpha value is -2.36. The van der Waals surface area contributed by atoms with Gasteiger partial charge in [-0.25, -0.2) is 0 Å². The van der Waals surface area contributed by atoms with Crippen LogP contribution >= 0.6 is 0 Å². The van der Waals surface area contributed by atoms with Crippen LogP contribution in [0.15, 0.2) is 30.3 Å². The number of hydrogen-bond acceptors (Lipinski definition) is 3. The number of rotatable bonds is 23. The second-order valence-electron chi connectivity index (χ2n) is 12.0. The van der Waals surface area contributed by atoms with E-state index in [9.17, 15) is 5.11 Å². The monoisotopic (exact) mass is 547 g/mol. The standard InChI is InChI=1S/C36H57N3O/c1-3-5-7-9-11-13-15-17-19-21-24-30-28-31(40)29-34(33-26-23-27-35-36(33)38-39-37-35)32(30)25-22-20-18-16-14-12-10-8-6-4-2/h23,26-29,40H,3-22,24-25H2,1-2H3,(H,37,38,39). The number of phenols is 1. The number of aryl methyl sites for hydroxylation is 1. The molecule has 0 saturated heterocycles. The number of phenolic OH excluding ortho intramolecular Hbond substituents is 1. The molecule has 40 heavy (non-hydrogen) atoms. The molecule has 0 aliphatic carbocycles. The van der Waals surface area contributed by atoms with Crippen molar-refractivity contribution in [3.63, 3.8) is 0 Å². The number of aromatic amines is 1. The molecule has 0 bridgehead atoms. The topological polar surface area (TPSA) is 61.8 Å². The van der Waals surface area contributed by atoms with Gasteiger partial charge in [-0.2, -0.15) is 15.4 Å². The Morgan fingerprint density at radius 3 is 1.68 bits per heavy atom. The van der Waals surface area contributed by atoms with Crippen LogP contribution in [-0.2, 0) is 12.8 Å². The molecule has 0 atom stereocenters. The van der Waals surface area contributed by atoms with Crippen molar-refractivity contribution >= 4 is 11.0 Å². The van der Waals surface area contributed by atoms with Crippen LogP contribution in [0.2, 0.25) is 0 Å². The molecular weight excluding hydrogens is 490 g/mol. The molecule has 4 heteroatoms. The molecule has 2 N–H and O–H groups in total. The molecule has 1 heterocycles. The lowest BCUT2D eigenvalue weighted by atomic mass is 9.88. The predicted molar refractivity (Wildman–Crippen MR) is 172 cm³/mol. The van der Waals surface area contributed by atoms with Crippen LogP contribution in [0.1, 0.15) is 153 Å². The molecule has 4 nitrogen and oxygen atoms in total. The molecule has 0 saturated carbocycles. The quantitative estimate of drug-likeness (QED) is 0.116. The number of fused-ring (bicyclic) bond motifs is 1. The van der Waals surface area contributed by atoms with Crippen molar-refractivity contribution in [2.45, 2.75) is 155 Å². The first-order chi connectivity index (χ1) is 19.7. The zero-order valence-corrected chi connectivity index (χ0v) is 25.8. The molecular formula is C36H57N3O. The zero-order valence-electron chi connectivity index (χ0n) is 25.8. The minimum atomic E-state index is 0.365. The van der Waals surface area contributed by atoms with Gasteiger partial charge in [0.1, 0.15) is 16.8 Å². The first-order valence-electron chi connectivity index (χ1n) is 16.9. The summed E-state index contributed by atoms with van der Waals surface area (Å²) in [6, 6.07) is 10.2. The number of aromatic nitrogens is 3. The van der Waals surface area contributed by atoms with Crippen molar-refractivity contribution in [2.24, 2.45) is 0 Å². The molecule has 1 aromatic heterocycles. The summed E-state index contributed by atoms with van der Waals surface area (Å²) in [7, 11) is 0. The van der Waals surface area contributed by atoms with Crippen LogP contribution in [0, 0.1) is 0 Å². The van der Waals surface area contributed by atoms with Crippen LogP contribution in [0.4, 0.5) is 0 Å². The normalized spacial score (nSPS) is 11.6. The molecule has 2 aromatic carbocycles. The van der Waals surface area contributed by atoms with E-state index < -0.39 is 0 Å². The van der Waals surface area contributed by atoms with Crippen LogP contribution in [-0.4, -0.2) is 20.5 Å². The number of nitrogens with zero attached hydrogens (tertiary/aromatic N) is 2. The van der Waals surface area contributed by atoms with E-state index in [1.165, 1.54) is 140 Å². The molecule has 0 fully saturated rings. The van der Waals surface area contributed by atoms with Gasteiger partial charge in [-0.1, -0.05) is 142 Å². The van der Waals surface area contributed by atoms with Crippen molar-refractivity contribution in [2.75, 3.05) is 0 Å². The molecule has 3 rings (SSSR count). The van der Waals surface area contributed by atoms with Crippen LogP contribution < -0.4 is 0 Å².